The lowest BCUT2D eigenvalue weighted by molar-refractivity contribution is 0.0696. The molecule has 0 radical (unpaired) electrons. The predicted octanol–water partition coefficient (Wildman–Crippen LogP) is 3.67. The number of carboxylic acid groups (broad SMARTS) is 1. The van der Waals surface area contributed by atoms with Crippen molar-refractivity contribution in [2.75, 3.05) is 0 Å². The molecule has 0 bridgehead atoms. The maximum atomic E-state index is 11.0. The Morgan fingerprint density at radius 3 is 2.65 bits per heavy atom. The smallest absolute Gasteiger partial charge is 0.335 e. The van der Waals surface area contributed by atoms with Gasteiger partial charge in [0.1, 0.15) is 5.75 Å². The fourth-order valence-corrected chi connectivity index (χ4v) is 2.89. The summed E-state index contributed by atoms with van der Waals surface area (Å²) in [6.45, 7) is 2.00. The van der Waals surface area contributed by atoms with E-state index in [0.29, 0.717) is 17.4 Å². The number of rotatable bonds is 3. The van der Waals surface area contributed by atoms with Gasteiger partial charge >= 0.3 is 5.97 Å². The zero-order valence-corrected chi connectivity index (χ0v) is 11.2. The van der Waals surface area contributed by atoms with Crippen molar-refractivity contribution in [3.05, 3.63) is 64.7 Å². The van der Waals surface area contributed by atoms with E-state index in [9.17, 15) is 9.90 Å². The monoisotopic (exact) mass is 268 g/mol. The molecule has 2 aromatic rings. The molecule has 3 rings (SSSR count). The van der Waals surface area contributed by atoms with Gasteiger partial charge in [-0.25, -0.2) is 4.79 Å². The van der Waals surface area contributed by atoms with Crippen molar-refractivity contribution >= 4 is 5.97 Å². The van der Waals surface area contributed by atoms with Crippen molar-refractivity contribution in [2.45, 2.75) is 25.2 Å². The van der Waals surface area contributed by atoms with Gasteiger partial charge in [-0.1, -0.05) is 18.2 Å². The Bertz CT molecular complexity index is 676. The molecule has 0 heterocycles. The van der Waals surface area contributed by atoms with Crippen molar-refractivity contribution in [3.8, 4) is 5.75 Å². The second-order valence-electron chi connectivity index (χ2n) is 5.42. The number of hydrogen-bond donors (Lipinski definition) is 2. The van der Waals surface area contributed by atoms with Crippen LogP contribution in [-0.2, 0) is 0 Å². The Kier molecular flexibility index (Phi) is 2.97. The van der Waals surface area contributed by atoms with E-state index < -0.39 is 5.97 Å². The average molecular weight is 268 g/mol. The highest BCUT2D eigenvalue weighted by molar-refractivity contribution is 5.87. The van der Waals surface area contributed by atoms with Gasteiger partial charge in [0.25, 0.3) is 0 Å². The summed E-state index contributed by atoms with van der Waals surface area (Å²) < 4.78 is 0. The highest BCUT2D eigenvalue weighted by Gasteiger charge is 2.40. The summed E-state index contributed by atoms with van der Waals surface area (Å²) in [5, 5.41) is 18.5. The van der Waals surface area contributed by atoms with Crippen molar-refractivity contribution in [2.24, 2.45) is 0 Å². The first kappa shape index (κ1) is 12.7. The number of benzene rings is 2. The quantitative estimate of drug-likeness (QED) is 0.893. The van der Waals surface area contributed by atoms with Crippen molar-refractivity contribution < 1.29 is 15.0 Å². The standard InChI is InChI=1S/C17H16O3/c1-10-7-13(18)5-6-14(10)16-9-15(16)11-3-2-4-12(8-11)17(19)20/h2-8,15-16,18H,9H2,1H3,(H,19,20)/t15-,16+/m0/s1. The summed E-state index contributed by atoms with van der Waals surface area (Å²) in [5.74, 6) is 0.221. The van der Waals surface area contributed by atoms with Gasteiger partial charge in [-0.05, 0) is 66.1 Å². The molecule has 3 nitrogen and oxygen atoms in total. The van der Waals surface area contributed by atoms with E-state index in [0.717, 1.165) is 17.5 Å². The summed E-state index contributed by atoms with van der Waals surface area (Å²) >= 11 is 0. The fourth-order valence-electron chi connectivity index (χ4n) is 2.89. The largest absolute Gasteiger partial charge is 0.508 e. The second kappa shape index (κ2) is 4.67. The van der Waals surface area contributed by atoms with Gasteiger partial charge in [-0.2, -0.15) is 0 Å². The first-order valence-electron chi connectivity index (χ1n) is 6.69. The molecule has 2 atom stereocenters. The third-order valence-corrected chi connectivity index (χ3v) is 4.01. The van der Waals surface area contributed by atoms with E-state index in [4.69, 9.17) is 5.11 Å². The highest BCUT2D eigenvalue weighted by Crippen LogP contribution is 2.55. The van der Waals surface area contributed by atoms with Gasteiger partial charge in [0, 0.05) is 0 Å². The number of phenols is 1. The van der Waals surface area contributed by atoms with Crippen LogP contribution >= 0.6 is 0 Å². The number of carboxylic acids is 1. The maximum Gasteiger partial charge on any atom is 0.335 e. The molecule has 0 aliphatic heterocycles. The van der Waals surface area contributed by atoms with Crippen LogP contribution in [-0.4, -0.2) is 16.2 Å². The van der Waals surface area contributed by atoms with Crippen LogP contribution in [0.25, 0.3) is 0 Å². The number of aromatic hydroxyl groups is 1. The van der Waals surface area contributed by atoms with Gasteiger partial charge in [0.2, 0.25) is 0 Å². The Morgan fingerprint density at radius 2 is 1.95 bits per heavy atom. The maximum absolute atomic E-state index is 11.0. The highest BCUT2D eigenvalue weighted by atomic mass is 16.4. The van der Waals surface area contributed by atoms with E-state index in [-0.39, 0.29) is 5.75 Å². The molecule has 0 unspecified atom stereocenters. The predicted molar refractivity (Wildman–Crippen MR) is 76.3 cm³/mol. The number of hydrogen-bond acceptors (Lipinski definition) is 2. The van der Waals surface area contributed by atoms with Gasteiger partial charge < -0.3 is 10.2 Å². The van der Waals surface area contributed by atoms with E-state index in [2.05, 4.69) is 0 Å². The first-order valence-corrected chi connectivity index (χ1v) is 6.69. The summed E-state index contributed by atoms with van der Waals surface area (Å²) in [4.78, 5) is 11.0. The van der Waals surface area contributed by atoms with Crippen LogP contribution in [0.2, 0.25) is 0 Å². The van der Waals surface area contributed by atoms with Gasteiger partial charge in [-0.15, -0.1) is 0 Å². The van der Waals surface area contributed by atoms with Gasteiger partial charge in [-0.3, -0.25) is 0 Å². The van der Waals surface area contributed by atoms with Crippen molar-refractivity contribution in [1.29, 1.82) is 0 Å². The molecule has 1 fully saturated rings. The minimum atomic E-state index is -0.884. The molecular weight excluding hydrogens is 252 g/mol. The number of phenolic OH excluding ortho intramolecular Hbond substituents is 1. The minimum absolute atomic E-state index is 0.288. The average Bonchev–Trinajstić information content (AvgIpc) is 3.19. The van der Waals surface area contributed by atoms with Crippen LogP contribution in [0, 0.1) is 6.92 Å². The number of aromatic carboxylic acids is 1. The Morgan fingerprint density at radius 1 is 1.15 bits per heavy atom. The molecule has 1 aliphatic carbocycles. The second-order valence-corrected chi connectivity index (χ2v) is 5.42. The van der Waals surface area contributed by atoms with Crippen LogP contribution < -0.4 is 0 Å². The molecule has 3 heteroatoms. The molecule has 20 heavy (non-hydrogen) atoms. The van der Waals surface area contributed by atoms with Crippen LogP contribution in [0.15, 0.2) is 42.5 Å². The molecular formula is C17H16O3. The Hall–Kier alpha value is -2.29. The van der Waals surface area contributed by atoms with Crippen LogP contribution in [0.4, 0.5) is 0 Å². The summed E-state index contributed by atoms with van der Waals surface area (Å²) in [5.41, 5.74) is 3.76. The van der Waals surface area contributed by atoms with Gasteiger partial charge in [0.05, 0.1) is 5.56 Å². The molecule has 102 valence electrons. The molecule has 1 saturated carbocycles. The van der Waals surface area contributed by atoms with E-state index in [1.54, 1.807) is 30.3 Å². The summed E-state index contributed by atoms with van der Waals surface area (Å²) in [7, 11) is 0. The lowest BCUT2D eigenvalue weighted by Crippen LogP contribution is -1.97. The minimum Gasteiger partial charge on any atom is -0.508 e. The third-order valence-electron chi connectivity index (χ3n) is 4.01. The number of aryl methyl sites for hydroxylation is 1. The van der Waals surface area contributed by atoms with Crippen LogP contribution in [0.3, 0.4) is 0 Å². The SMILES string of the molecule is Cc1cc(O)ccc1[C@H]1C[C@H]1c1cccc(C(=O)O)c1. The van der Waals surface area contributed by atoms with Crippen molar-refractivity contribution in [1.82, 2.24) is 0 Å². The molecule has 1 aliphatic rings. The normalized spacial score (nSPS) is 20.6. The Labute approximate surface area is 117 Å². The first-order chi connectivity index (χ1) is 9.56. The molecule has 0 saturated heterocycles. The summed E-state index contributed by atoms with van der Waals surface area (Å²) in [6.07, 6.45) is 1.04. The van der Waals surface area contributed by atoms with Crippen LogP contribution in [0.5, 0.6) is 5.75 Å². The fraction of sp³-hybridized carbons (Fsp3) is 0.235. The molecule has 0 amide bonds. The van der Waals surface area contributed by atoms with E-state index >= 15 is 0 Å². The zero-order valence-electron chi connectivity index (χ0n) is 11.2. The zero-order chi connectivity index (χ0) is 14.3. The molecule has 2 aromatic carbocycles. The third kappa shape index (κ3) is 2.27. The van der Waals surface area contributed by atoms with E-state index in [1.807, 2.05) is 19.1 Å². The van der Waals surface area contributed by atoms with Gasteiger partial charge in [0.15, 0.2) is 0 Å². The van der Waals surface area contributed by atoms with Crippen LogP contribution in [0.1, 0.15) is 45.3 Å². The summed E-state index contributed by atoms with van der Waals surface area (Å²) in [6, 6.07) is 12.6. The molecule has 0 aromatic heterocycles. The lowest BCUT2D eigenvalue weighted by atomic mass is 9.99. The molecule has 2 N–H and O–H groups in total. The molecule has 0 spiro atoms. The number of carbonyl (C=O) groups is 1. The Balaban J connectivity index is 1.85. The van der Waals surface area contributed by atoms with Crippen molar-refractivity contribution in [3.63, 3.8) is 0 Å². The van der Waals surface area contributed by atoms with E-state index in [1.165, 1.54) is 5.56 Å². The lowest BCUT2D eigenvalue weighted by Gasteiger charge is -2.06. The topological polar surface area (TPSA) is 57.5 Å².